The second-order valence-electron chi connectivity index (χ2n) is 4.29. The zero-order valence-corrected chi connectivity index (χ0v) is 10.1. The molecule has 0 aliphatic heterocycles. The predicted molar refractivity (Wildman–Crippen MR) is 67.6 cm³/mol. The largest absolute Gasteiger partial charge is 0.483 e. The summed E-state index contributed by atoms with van der Waals surface area (Å²) in [5, 5.41) is 17.4. The average molecular weight is 251 g/mol. The minimum atomic E-state index is -0.343. The Bertz CT molecular complexity index is 382. The molecule has 1 saturated carbocycles. The zero-order chi connectivity index (χ0) is 13.4. The Balaban J connectivity index is 0.000000492. The number of carboxylic acid groups (broad SMARTS) is 1. The molecular weight excluding hydrogens is 234 g/mol. The van der Waals surface area contributed by atoms with Crippen LogP contribution in [0.15, 0.2) is 24.3 Å². The third-order valence-corrected chi connectivity index (χ3v) is 3.18. The van der Waals surface area contributed by atoms with Crippen LogP contribution in [0.3, 0.4) is 0 Å². The van der Waals surface area contributed by atoms with Crippen LogP contribution in [0.1, 0.15) is 43.6 Å². The number of rotatable bonds is 2. The van der Waals surface area contributed by atoms with Gasteiger partial charge in [0.15, 0.2) is 0 Å². The molecule has 1 aliphatic rings. The van der Waals surface area contributed by atoms with Crippen LogP contribution in [0.2, 0.25) is 0 Å². The van der Waals surface area contributed by atoms with E-state index in [0.717, 1.165) is 0 Å². The van der Waals surface area contributed by atoms with Crippen molar-refractivity contribution in [3.8, 4) is 0 Å². The van der Waals surface area contributed by atoms with Gasteiger partial charge < -0.3 is 5.11 Å². The Morgan fingerprint density at radius 2 is 1.67 bits per heavy atom. The number of nitro benzene ring substituents is 1. The van der Waals surface area contributed by atoms with Crippen LogP contribution in [0.25, 0.3) is 0 Å². The first kappa shape index (κ1) is 14.2. The van der Waals surface area contributed by atoms with E-state index in [2.05, 4.69) is 0 Å². The van der Waals surface area contributed by atoms with E-state index in [9.17, 15) is 10.1 Å². The molecule has 0 spiro atoms. The fraction of sp³-hybridized carbons (Fsp3) is 0.462. The fourth-order valence-electron chi connectivity index (χ4n) is 2.30. The molecule has 0 bridgehead atoms. The quantitative estimate of drug-likeness (QED) is 0.496. The van der Waals surface area contributed by atoms with Crippen LogP contribution < -0.4 is 0 Å². The normalized spacial score (nSPS) is 15.3. The van der Waals surface area contributed by atoms with Crippen molar-refractivity contribution in [2.45, 2.75) is 38.0 Å². The third kappa shape index (κ3) is 4.16. The van der Waals surface area contributed by atoms with Gasteiger partial charge in [-0.3, -0.25) is 14.9 Å². The molecule has 0 amide bonds. The summed E-state index contributed by atoms with van der Waals surface area (Å²) in [4.78, 5) is 18.5. The number of nitrogens with zero attached hydrogens (tertiary/aromatic N) is 1. The Hall–Kier alpha value is -1.91. The monoisotopic (exact) mass is 251 g/mol. The highest BCUT2D eigenvalue weighted by Crippen LogP contribution is 2.33. The maximum Gasteiger partial charge on any atom is 0.290 e. The molecule has 0 atom stereocenters. The molecule has 1 fully saturated rings. The predicted octanol–water partition coefficient (Wildman–Crippen LogP) is 3.34. The van der Waals surface area contributed by atoms with Crippen molar-refractivity contribution in [2.75, 3.05) is 0 Å². The summed E-state index contributed by atoms with van der Waals surface area (Å²) in [6, 6.07) is 7.05. The molecule has 0 aromatic heterocycles. The number of nitro groups is 1. The molecule has 98 valence electrons. The summed E-state index contributed by atoms with van der Waals surface area (Å²) in [6.07, 6.45) is 6.39. The second-order valence-corrected chi connectivity index (χ2v) is 4.29. The molecule has 1 N–H and O–H groups in total. The van der Waals surface area contributed by atoms with Crippen molar-refractivity contribution < 1.29 is 14.8 Å². The van der Waals surface area contributed by atoms with Crippen LogP contribution in [0.5, 0.6) is 0 Å². The van der Waals surface area contributed by atoms with Crippen LogP contribution in [-0.4, -0.2) is 16.5 Å². The van der Waals surface area contributed by atoms with Gasteiger partial charge in [0, 0.05) is 12.1 Å². The van der Waals surface area contributed by atoms with Crippen molar-refractivity contribution >= 4 is 12.2 Å². The van der Waals surface area contributed by atoms with Gasteiger partial charge in [-0.2, -0.15) is 0 Å². The van der Waals surface area contributed by atoms with E-state index in [4.69, 9.17) is 9.90 Å². The summed E-state index contributed by atoms with van der Waals surface area (Å²) >= 11 is 0. The molecule has 1 aromatic carbocycles. The molecule has 1 aliphatic carbocycles. The molecule has 0 radical (unpaired) electrons. The first-order valence-corrected chi connectivity index (χ1v) is 6.01. The van der Waals surface area contributed by atoms with Crippen LogP contribution in [0, 0.1) is 10.1 Å². The number of benzene rings is 1. The second kappa shape index (κ2) is 7.42. The average Bonchev–Trinajstić information content (AvgIpc) is 2.41. The highest BCUT2D eigenvalue weighted by molar-refractivity contribution is 5.34. The van der Waals surface area contributed by atoms with Gasteiger partial charge in [0.1, 0.15) is 0 Å². The third-order valence-electron chi connectivity index (χ3n) is 3.18. The minimum Gasteiger partial charge on any atom is -0.483 e. The van der Waals surface area contributed by atoms with Crippen molar-refractivity contribution in [2.24, 2.45) is 0 Å². The van der Waals surface area contributed by atoms with Gasteiger partial charge in [-0.1, -0.05) is 31.4 Å². The summed E-state index contributed by atoms with van der Waals surface area (Å²) in [7, 11) is 0. The van der Waals surface area contributed by atoms with Gasteiger partial charge in [0.25, 0.3) is 12.2 Å². The molecule has 5 nitrogen and oxygen atoms in total. The highest BCUT2D eigenvalue weighted by Gasteiger charge is 2.16. The topological polar surface area (TPSA) is 80.4 Å². The van der Waals surface area contributed by atoms with Gasteiger partial charge in [-0.05, 0) is 24.3 Å². The molecule has 18 heavy (non-hydrogen) atoms. The summed E-state index contributed by atoms with van der Waals surface area (Å²) < 4.78 is 0. The van der Waals surface area contributed by atoms with E-state index in [-0.39, 0.29) is 17.1 Å². The first-order valence-electron chi connectivity index (χ1n) is 6.01. The van der Waals surface area contributed by atoms with Gasteiger partial charge in [0.05, 0.1) is 4.92 Å². The lowest BCUT2D eigenvalue weighted by Gasteiger charge is -2.21. The van der Waals surface area contributed by atoms with E-state index in [1.165, 1.54) is 37.7 Å². The molecular formula is C13H17NO4. The first-order chi connectivity index (χ1) is 8.69. The molecule has 5 heteroatoms. The van der Waals surface area contributed by atoms with Crippen LogP contribution in [-0.2, 0) is 4.79 Å². The summed E-state index contributed by atoms with van der Waals surface area (Å²) in [5.41, 5.74) is 1.45. The minimum absolute atomic E-state index is 0.189. The van der Waals surface area contributed by atoms with Gasteiger partial charge in [-0.15, -0.1) is 0 Å². The van der Waals surface area contributed by atoms with Crippen molar-refractivity contribution in [1.29, 1.82) is 0 Å². The molecule has 2 rings (SSSR count). The number of carbonyl (C=O) groups is 1. The SMILES string of the molecule is O=CO.O=[N+]([O-])c1ccc(C2CCCCC2)cc1. The molecule has 0 unspecified atom stereocenters. The number of hydrogen-bond acceptors (Lipinski definition) is 3. The Morgan fingerprint density at radius 1 is 1.17 bits per heavy atom. The van der Waals surface area contributed by atoms with Crippen molar-refractivity contribution in [3.05, 3.63) is 39.9 Å². The smallest absolute Gasteiger partial charge is 0.290 e. The lowest BCUT2D eigenvalue weighted by molar-refractivity contribution is -0.384. The number of hydrogen-bond donors (Lipinski definition) is 1. The van der Waals surface area contributed by atoms with Crippen LogP contribution >= 0.6 is 0 Å². The lowest BCUT2D eigenvalue weighted by atomic mass is 9.84. The van der Waals surface area contributed by atoms with E-state index >= 15 is 0 Å². The van der Waals surface area contributed by atoms with E-state index in [1.807, 2.05) is 12.1 Å². The van der Waals surface area contributed by atoms with Crippen LogP contribution in [0.4, 0.5) is 5.69 Å². The van der Waals surface area contributed by atoms with Crippen molar-refractivity contribution in [3.63, 3.8) is 0 Å². The fourth-order valence-corrected chi connectivity index (χ4v) is 2.30. The number of non-ortho nitro benzene ring substituents is 1. The van der Waals surface area contributed by atoms with E-state index in [1.54, 1.807) is 12.1 Å². The maximum atomic E-state index is 10.5. The highest BCUT2D eigenvalue weighted by atomic mass is 16.6. The summed E-state index contributed by atoms with van der Waals surface area (Å²) in [6.45, 7) is -0.250. The van der Waals surface area contributed by atoms with E-state index in [0.29, 0.717) is 5.92 Å². The van der Waals surface area contributed by atoms with Gasteiger partial charge >= 0.3 is 0 Å². The van der Waals surface area contributed by atoms with E-state index < -0.39 is 0 Å². The van der Waals surface area contributed by atoms with Crippen molar-refractivity contribution in [1.82, 2.24) is 0 Å². The molecule has 0 saturated heterocycles. The Morgan fingerprint density at radius 3 is 2.11 bits per heavy atom. The standard InChI is InChI=1S/C12H15NO2.CH2O2/c14-13(15)12-8-6-11(7-9-12)10-4-2-1-3-5-10;2-1-3/h6-10H,1-5H2;1H,(H,2,3). The Kier molecular flexibility index (Phi) is 5.84. The zero-order valence-electron chi connectivity index (χ0n) is 10.1. The maximum absolute atomic E-state index is 10.5. The lowest BCUT2D eigenvalue weighted by Crippen LogP contribution is -2.04. The molecule has 0 heterocycles. The van der Waals surface area contributed by atoms with Gasteiger partial charge in [-0.25, -0.2) is 0 Å². The summed E-state index contributed by atoms with van der Waals surface area (Å²) in [5.74, 6) is 0.625. The molecule has 1 aromatic rings. The van der Waals surface area contributed by atoms with Gasteiger partial charge in [0.2, 0.25) is 0 Å². The Labute approximate surface area is 106 Å².